The molecule has 2 aromatic rings. The third-order valence-electron chi connectivity index (χ3n) is 3.99. The zero-order valence-corrected chi connectivity index (χ0v) is 14.9. The maximum Gasteiger partial charge on any atom is 0.268 e. The van der Waals surface area contributed by atoms with Crippen molar-refractivity contribution in [3.05, 3.63) is 71.9 Å². The molecule has 2 aromatic carbocycles. The summed E-state index contributed by atoms with van der Waals surface area (Å²) >= 11 is 0. The Bertz CT molecular complexity index is 910. The minimum absolute atomic E-state index is 0.214. The van der Waals surface area contributed by atoms with Gasteiger partial charge in [-0.25, -0.2) is 12.8 Å². The fourth-order valence-corrected chi connectivity index (χ4v) is 4.02. The minimum atomic E-state index is -3.36. The summed E-state index contributed by atoms with van der Waals surface area (Å²) in [5, 5.41) is 1.10. The molecule has 5 nitrogen and oxygen atoms in total. The molecule has 0 aliphatic carbocycles. The topological polar surface area (TPSA) is 63.7 Å². The Hall–Kier alpha value is -2.67. The number of hydrogen-bond acceptors (Lipinski definition) is 4. The van der Waals surface area contributed by atoms with Gasteiger partial charge in [0, 0.05) is 11.1 Å². The van der Waals surface area contributed by atoms with E-state index in [4.69, 9.17) is 4.74 Å². The highest BCUT2D eigenvalue weighted by molar-refractivity contribution is 7.94. The van der Waals surface area contributed by atoms with E-state index < -0.39 is 33.7 Å². The Morgan fingerprint density at radius 1 is 1.15 bits per heavy atom. The summed E-state index contributed by atoms with van der Waals surface area (Å²) in [4.78, 5) is 14.4. The summed E-state index contributed by atoms with van der Waals surface area (Å²) < 4.78 is 42.5. The van der Waals surface area contributed by atoms with Crippen LogP contribution in [0.15, 0.2) is 66.1 Å². The van der Waals surface area contributed by atoms with E-state index in [0.717, 1.165) is 5.41 Å². The van der Waals surface area contributed by atoms with Crippen molar-refractivity contribution in [1.82, 2.24) is 0 Å². The van der Waals surface area contributed by atoms with E-state index in [9.17, 15) is 17.6 Å². The molecule has 0 aromatic heterocycles. The van der Waals surface area contributed by atoms with Gasteiger partial charge in [-0.2, -0.15) is 0 Å². The average Bonchev–Trinajstić information content (AvgIpc) is 2.97. The van der Waals surface area contributed by atoms with Gasteiger partial charge in [0.05, 0.1) is 11.8 Å². The highest BCUT2D eigenvalue weighted by Crippen LogP contribution is 2.25. The summed E-state index contributed by atoms with van der Waals surface area (Å²) in [5.41, 5.74) is 0.409. The van der Waals surface area contributed by atoms with Crippen LogP contribution in [0, 0.1) is 5.82 Å². The molecule has 26 heavy (non-hydrogen) atoms. The number of para-hydroxylation sites is 1. The molecule has 2 atom stereocenters. The van der Waals surface area contributed by atoms with Crippen molar-refractivity contribution in [3.8, 4) is 5.75 Å². The Morgan fingerprint density at radius 2 is 1.81 bits per heavy atom. The number of sulfone groups is 1. The van der Waals surface area contributed by atoms with Crippen molar-refractivity contribution in [2.24, 2.45) is 0 Å². The maximum atomic E-state index is 13.3. The largest absolute Gasteiger partial charge is 0.481 e. The van der Waals surface area contributed by atoms with Crippen molar-refractivity contribution in [3.63, 3.8) is 0 Å². The molecule has 0 saturated heterocycles. The predicted octanol–water partition coefficient (Wildman–Crippen LogP) is 2.94. The zero-order valence-electron chi connectivity index (χ0n) is 14.1. The molecular weight excluding hydrogens is 357 g/mol. The highest BCUT2D eigenvalue weighted by atomic mass is 32.2. The summed E-state index contributed by atoms with van der Waals surface area (Å²) in [5.74, 6) is -0.535. The average molecular weight is 375 g/mol. The highest BCUT2D eigenvalue weighted by Gasteiger charge is 2.34. The predicted molar refractivity (Wildman–Crippen MR) is 97.1 cm³/mol. The number of rotatable bonds is 5. The quantitative estimate of drug-likeness (QED) is 0.806. The number of benzene rings is 2. The van der Waals surface area contributed by atoms with Gasteiger partial charge >= 0.3 is 0 Å². The normalized spacial score (nSPS) is 19.1. The molecule has 136 valence electrons. The molecule has 0 fully saturated rings. The summed E-state index contributed by atoms with van der Waals surface area (Å²) in [6.45, 7) is 1.60. The summed E-state index contributed by atoms with van der Waals surface area (Å²) in [6.07, 6.45) is 0.616. The Kier molecular flexibility index (Phi) is 5.08. The van der Waals surface area contributed by atoms with Crippen molar-refractivity contribution >= 4 is 21.4 Å². The molecule has 0 saturated carbocycles. The van der Waals surface area contributed by atoms with Crippen molar-refractivity contribution < 1.29 is 22.3 Å². The molecule has 0 unspecified atom stereocenters. The number of halogens is 1. The first kappa shape index (κ1) is 18.1. The van der Waals surface area contributed by atoms with Crippen LogP contribution in [-0.2, 0) is 14.6 Å². The van der Waals surface area contributed by atoms with Gasteiger partial charge in [0.2, 0.25) is 0 Å². The van der Waals surface area contributed by atoms with Gasteiger partial charge in [0.25, 0.3) is 5.91 Å². The van der Waals surface area contributed by atoms with Crippen LogP contribution in [0.4, 0.5) is 10.1 Å². The van der Waals surface area contributed by atoms with E-state index >= 15 is 0 Å². The summed E-state index contributed by atoms with van der Waals surface area (Å²) in [6, 6.07) is 13.5. The van der Waals surface area contributed by atoms with E-state index in [0.29, 0.717) is 11.4 Å². The van der Waals surface area contributed by atoms with E-state index in [1.165, 1.54) is 35.2 Å². The lowest BCUT2D eigenvalue weighted by atomic mass is 10.2. The second-order valence-electron chi connectivity index (χ2n) is 5.98. The number of hydrogen-bond donors (Lipinski definition) is 0. The molecular formula is C19H18FNO4S. The van der Waals surface area contributed by atoms with Gasteiger partial charge in [0.15, 0.2) is 15.9 Å². The van der Waals surface area contributed by atoms with Gasteiger partial charge in [-0.15, -0.1) is 0 Å². The SMILES string of the molecule is C[C@@H](Oc1ccccc1)C(=O)N(c1ccc(F)cc1)[C@H]1C=CS(=O)(=O)C1. The monoisotopic (exact) mass is 375 g/mol. The molecule has 1 aliphatic rings. The lowest BCUT2D eigenvalue weighted by Gasteiger charge is -2.30. The molecule has 1 heterocycles. The van der Waals surface area contributed by atoms with Crippen LogP contribution in [0.25, 0.3) is 0 Å². The number of nitrogens with zero attached hydrogens (tertiary/aromatic N) is 1. The fourth-order valence-electron chi connectivity index (χ4n) is 2.75. The third kappa shape index (κ3) is 4.11. The first-order valence-corrected chi connectivity index (χ1v) is 9.78. The Labute approximate surface area is 151 Å². The second kappa shape index (κ2) is 7.29. The van der Waals surface area contributed by atoms with Gasteiger partial charge in [-0.05, 0) is 49.4 Å². The standard InChI is InChI=1S/C19H18FNO4S/c1-14(25-18-5-3-2-4-6-18)19(22)21(16-9-7-15(20)8-10-16)17-11-12-26(23,24)13-17/h2-12,14,17H,13H2,1H3/t14-,17+/m1/s1. The molecule has 3 rings (SSSR count). The molecule has 0 radical (unpaired) electrons. The number of amides is 1. The van der Waals surface area contributed by atoms with Crippen LogP contribution in [-0.4, -0.2) is 32.2 Å². The van der Waals surface area contributed by atoms with Gasteiger partial charge in [-0.1, -0.05) is 18.2 Å². The molecule has 7 heteroatoms. The summed E-state index contributed by atoms with van der Waals surface area (Å²) in [7, 11) is -3.36. The van der Waals surface area contributed by atoms with Gasteiger partial charge in [0.1, 0.15) is 11.6 Å². The number of anilines is 1. The Morgan fingerprint density at radius 3 is 2.38 bits per heavy atom. The molecule has 1 amide bonds. The third-order valence-corrected chi connectivity index (χ3v) is 5.37. The van der Waals surface area contributed by atoms with Crippen LogP contribution in [0.3, 0.4) is 0 Å². The van der Waals surface area contributed by atoms with Gasteiger partial charge < -0.3 is 9.64 Å². The number of ether oxygens (including phenoxy) is 1. The number of carbonyl (C=O) groups excluding carboxylic acids is 1. The lowest BCUT2D eigenvalue weighted by Crippen LogP contribution is -2.47. The molecule has 0 bridgehead atoms. The van der Waals surface area contributed by atoms with Crippen LogP contribution < -0.4 is 9.64 Å². The molecule has 0 N–H and O–H groups in total. The first-order valence-electron chi connectivity index (χ1n) is 8.07. The second-order valence-corrected chi connectivity index (χ2v) is 7.91. The zero-order chi connectivity index (χ0) is 18.7. The Balaban J connectivity index is 1.88. The molecule has 0 spiro atoms. The van der Waals surface area contributed by atoms with Crippen LogP contribution >= 0.6 is 0 Å². The van der Waals surface area contributed by atoms with Gasteiger partial charge in [-0.3, -0.25) is 4.79 Å². The van der Waals surface area contributed by atoms with Crippen LogP contribution in [0.1, 0.15) is 6.92 Å². The fraction of sp³-hybridized carbons (Fsp3) is 0.211. The molecule has 1 aliphatic heterocycles. The van der Waals surface area contributed by atoms with E-state index in [1.807, 2.05) is 6.07 Å². The minimum Gasteiger partial charge on any atom is -0.481 e. The van der Waals surface area contributed by atoms with E-state index in [2.05, 4.69) is 0 Å². The van der Waals surface area contributed by atoms with Crippen LogP contribution in [0.5, 0.6) is 5.75 Å². The number of carbonyl (C=O) groups is 1. The van der Waals surface area contributed by atoms with E-state index in [-0.39, 0.29) is 5.75 Å². The maximum absolute atomic E-state index is 13.3. The lowest BCUT2D eigenvalue weighted by molar-refractivity contribution is -0.124. The van der Waals surface area contributed by atoms with Crippen molar-refractivity contribution in [2.45, 2.75) is 19.1 Å². The van der Waals surface area contributed by atoms with Crippen molar-refractivity contribution in [2.75, 3.05) is 10.7 Å². The van der Waals surface area contributed by atoms with Crippen molar-refractivity contribution in [1.29, 1.82) is 0 Å². The van der Waals surface area contributed by atoms with Crippen LogP contribution in [0.2, 0.25) is 0 Å². The first-order chi connectivity index (χ1) is 12.4. The smallest absolute Gasteiger partial charge is 0.268 e. The van der Waals surface area contributed by atoms with E-state index in [1.54, 1.807) is 31.2 Å².